The Kier molecular flexibility index (Phi) is 3.92. The summed E-state index contributed by atoms with van der Waals surface area (Å²) >= 11 is 0. The van der Waals surface area contributed by atoms with Gasteiger partial charge >= 0.3 is 0 Å². The quantitative estimate of drug-likeness (QED) is 0.844. The molecule has 1 saturated heterocycles. The summed E-state index contributed by atoms with van der Waals surface area (Å²) in [5.41, 5.74) is 0.508. The van der Waals surface area contributed by atoms with Gasteiger partial charge in [-0.15, -0.1) is 0 Å². The van der Waals surface area contributed by atoms with Crippen LogP contribution >= 0.6 is 0 Å². The largest absolute Gasteiger partial charge is 0.381 e. The van der Waals surface area contributed by atoms with Crippen LogP contribution in [0.4, 0.5) is 0 Å². The number of hydrogen-bond donors (Lipinski definition) is 1. The monoisotopic (exact) mass is 265 g/mol. The molecule has 3 unspecified atom stereocenters. The first-order valence-corrected chi connectivity index (χ1v) is 8.37. The van der Waals surface area contributed by atoms with Crippen LogP contribution in [0.15, 0.2) is 0 Å². The standard InChI is InChI=1S/C17H31NO/c1-17(2,3)12-4-6-13(7-5-12)18-10-15-14-8-9-19-11-16(14)15/h12-16,18H,4-11H2,1-3H3. The average Bonchev–Trinajstić information content (AvgIpc) is 3.09. The summed E-state index contributed by atoms with van der Waals surface area (Å²) in [6.07, 6.45) is 6.93. The molecular formula is C17H31NO. The number of nitrogens with one attached hydrogen (secondary N) is 1. The predicted octanol–water partition coefficient (Wildman–Crippen LogP) is 3.46. The van der Waals surface area contributed by atoms with E-state index >= 15 is 0 Å². The van der Waals surface area contributed by atoms with Gasteiger partial charge in [0.2, 0.25) is 0 Å². The Hall–Kier alpha value is -0.0800. The number of rotatable bonds is 3. The van der Waals surface area contributed by atoms with Gasteiger partial charge in [0, 0.05) is 19.3 Å². The highest BCUT2D eigenvalue weighted by Crippen LogP contribution is 2.50. The molecule has 1 heterocycles. The van der Waals surface area contributed by atoms with Crippen LogP contribution < -0.4 is 5.32 Å². The maximum Gasteiger partial charge on any atom is 0.0500 e. The van der Waals surface area contributed by atoms with E-state index in [2.05, 4.69) is 26.1 Å². The van der Waals surface area contributed by atoms with Gasteiger partial charge in [0.15, 0.2) is 0 Å². The van der Waals surface area contributed by atoms with E-state index in [1.54, 1.807) is 0 Å². The van der Waals surface area contributed by atoms with Gasteiger partial charge in [0.05, 0.1) is 0 Å². The van der Waals surface area contributed by atoms with Crippen LogP contribution in [-0.4, -0.2) is 25.8 Å². The molecule has 2 aliphatic carbocycles. The second-order valence-electron chi connectivity index (χ2n) is 8.18. The highest BCUT2D eigenvalue weighted by molar-refractivity contribution is 5.00. The molecule has 0 bridgehead atoms. The molecule has 3 fully saturated rings. The Balaban J connectivity index is 1.37. The third kappa shape index (κ3) is 3.16. The smallest absolute Gasteiger partial charge is 0.0500 e. The highest BCUT2D eigenvalue weighted by atomic mass is 16.5. The van der Waals surface area contributed by atoms with Crippen molar-refractivity contribution in [1.29, 1.82) is 0 Å². The van der Waals surface area contributed by atoms with E-state index < -0.39 is 0 Å². The Labute approximate surface area is 118 Å². The van der Waals surface area contributed by atoms with Crippen LogP contribution in [0.1, 0.15) is 52.9 Å². The first-order valence-electron chi connectivity index (χ1n) is 8.37. The number of hydrogen-bond acceptors (Lipinski definition) is 2. The van der Waals surface area contributed by atoms with Crippen LogP contribution in [-0.2, 0) is 4.74 Å². The Morgan fingerprint density at radius 1 is 1.00 bits per heavy atom. The summed E-state index contributed by atoms with van der Waals surface area (Å²) in [6.45, 7) is 10.5. The van der Waals surface area contributed by atoms with Gasteiger partial charge in [-0.2, -0.15) is 0 Å². The second kappa shape index (κ2) is 5.37. The molecule has 2 heteroatoms. The minimum atomic E-state index is 0.508. The number of fused-ring (bicyclic) bond motifs is 1. The van der Waals surface area contributed by atoms with Gasteiger partial charge in [-0.3, -0.25) is 0 Å². The summed E-state index contributed by atoms with van der Waals surface area (Å²) in [6, 6.07) is 0.794. The lowest BCUT2D eigenvalue weighted by Crippen LogP contribution is -2.37. The molecule has 3 atom stereocenters. The lowest BCUT2D eigenvalue weighted by Gasteiger charge is -2.37. The van der Waals surface area contributed by atoms with Crippen molar-refractivity contribution < 1.29 is 4.74 Å². The molecule has 0 spiro atoms. The molecule has 1 aliphatic heterocycles. The van der Waals surface area contributed by atoms with Crippen LogP contribution in [0.25, 0.3) is 0 Å². The molecule has 110 valence electrons. The third-order valence-electron chi connectivity index (χ3n) is 6.01. The molecular weight excluding hydrogens is 234 g/mol. The van der Waals surface area contributed by atoms with E-state index in [0.717, 1.165) is 42.9 Å². The molecule has 0 aromatic rings. The van der Waals surface area contributed by atoms with E-state index in [9.17, 15) is 0 Å². The van der Waals surface area contributed by atoms with Crippen molar-refractivity contribution >= 4 is 0 Å². The molecule has 2 saturated carbocycles. The minimum Gasteiger partial charge on any atom is -0.381 e. The fourth-order valence-corrected chi connectivity index (χ4v) is 4.41. The van der Waals surface area contributed by atoms with Gasteiger partial charge in [-0.1, -0.05) is 20.8 Å². The van der Waals surface area contributed by atoms with E-state index in [1.807, 2.05) is 0 Å². The zero-order valence-electron chi connectivity index (χ0n) is 13.0. The van der Waals surface area contributed by atoms with Crippen molar-refractivity contribution in [2.75, 3.05) is 19.8 Å². The van der Waals surface area contributed by atoms with Crippen molar-refractivity contribution in [1.82, 2.24) is 5.32 Å². The predicted molar refractivity (Wildman–Crippen MR) is 79.1 cm³/mol. The zero-order chi connectivity index (χ0) is 13.5. The molecule has 19 heavy (non-hydrogen) atoms. The summed E-state index contributed by atoms with van der Waals surface area (Å²) in [5.74, 6) is 3.75. The SMILES string of the molecule is CC(C)(C)C1CCC(NCC2C3CCOCC32)CC1. The van der Waals surface area contributed by atoms with Gasteiger partial charge in [-0.25, -0.2) is 0 Å². The van der Waals surface area contributed by atoms with E-state index in [1.165, 1.54) is 38.6 Å². The summed E-state index contributed by atoms with van der Waals surface area (Å²) in [4.78, 5) is 0. The normalized spacial score (nSPS) is 42.8. The molecule has 0 amide bonds. The van der Waals surface area contributed by atoms with Crippen molar-refractivity contribution in [2.24, 2.45) is 29.1 Å². The number of ether oxygens (including phenoxy) is 1. The molecule has 3 aliphatic rings. The fourth-order valence-electron chi connectivity index (χ4n) is 4.41. The molecule has 2 nitrogen and oxygen atoms in total. The lowest BCUT2D eigenvalue weighted by molar-refractivity contribution is 0.0884. The van der Waals surface area contributed by atoms with Crippen LogP contribution in [0.2, 0.25) is 0 Å². The molecule has 0 aromatic carbocycles. The molecule has 3 rings (SSSR count). The molecule has 1 N–H and O–H groups in total. The fraction of sp³-hybridized carbons (Fsp3) is 1.00. The van der Waals surface area contributed by atoms with E-state index in [4.69, 9.17) is 4.74 Å². The average molecular weight is 265 g/mol. The van der Waals surface area contributed by atoms with Crippen LogP contribution in [0.3, 0.4) is 0 Å². The maximum atomic E-state index is 5.57. The van der Waals surface area contributed by atoms with Crippen molar-refractivity contribution in [3.8, 4) is 0 Å². The Morgan fingerprint density at radius 3 is 2.32 bits per heavy atom. The van der Waals surface area contributed by atoms with Crippen molar-refractivity contribution in [2.45, 2.75) is 58.9 Å². The van der Waals surface area contributed by atoms with Crippen molar-refractivity contribution in [3.63, 3.8) is 0 Å². The summed E-state index contributed by atoms with van der Waals surface area (Å²) in [5, 5.41) is 3.86. The Morgan fingerprint density at radius 2 is 1.74 bits per heavy atom. The minimum absolute atomic E-state index is 0.508. The lowest BCUT2D eigenvalue weighted by atomic mass is 9.71. The summed E-state index contributed by atoms with van der Waals surface area (Å²) in [7, 11) is 0. The zero-order valence-corrected chi connectivity index (χ0v) is 13.0. The second-order valence-corrected chi connectivity index (χ2v) is 8.18. The Bertz CT molecular complexity index is 289. The third-order valence-corrected chi connectivity index (χ3v) is 6.01. The first kappa shape index (κ1) is 13.9. The van der Waals surface area contributed by atoms with Gasteiger partial charge < -0.3 is 10.1 Å². The van der Waals surface area contributed by atoms with E-state index in [0.29, 0.717) is 5.41 Å². The van der Waals surface area contributed by atoms with Gasteiger partial charge in [0.25, 0.3) is 0 Å². The molecule has 0 aromatic heterocycles. The first-order chi connectivity index (χ1) is 9.05. The van der Waals surface area contributed by atoms with Gasteiger partial charge in [0.1, 0.15) is 0 Å². The summed E-state index contributed by atoms with van der Waals surface area (Å²) < 4.78 is 5.57. The van der Waals surface area contributed by atoms with E-state index in [-0.39, 0.29) is 0 Å². The molecule has 0 radical (unpaired) electrons. The van der Waals surface area contributed by atoms with Crippen LogP contribution in [0, 0.1) is 29.1 Å². The van der Waals surface area contributed by atoms with Gasteiger partial charge in [-0.05, 0) is 67.7 Å². The van der Waals surface area contributed by atoms with Crippen molar-refractivity contribution in [3.05, 3.63) is 0 Å². The topological polar surface area (TPSA) is 21.3 Å². The highest BCUT2D eigenvalue weighted by Gasteiger charge is 2.50. The maximum absolute atomic E-state index is 5.57. The van der Waals surface area contributed by atoms with Crippen LogP contribution in [0.5, 0.6) is 0 Å².